The average molecular weight is 143 g/mol. The van der Waals surface area contributed by atoms with Gasteiger partial charge in [-0.2, -0.15) is 0 Å². The van der Waals surface area contributed by atoms with Gasteiger partial charge in [0.25, 0.3) is 0 Å². The summed E-state index contributed by atoms with van der Waals surface area (Å²) in [5.74, 6) is 0. The van der Waals surface area contributed by atoms with Crippen LogP contribution in [-0.2, 0) is 0 Å². The monoisotopic (exact) mass is 143 g/mol. The highest BCUT2D eigenvalue weighted by Gasteiger charge is 2.11. The van der Waals surface area contributed by atoms with Crippen LogP contribution in [0.1, 0.15) is 4.88 Å². The smallest absolute Gasteiger partial charge is 0.423 e. The molecule has 0 saturated heterocycles. The van der Waals surface area contributed by atoms with Crippen LogP contribution in [0.3, 0.4) is 0 Å². The molecule has 0 aromatic carbocycles. The molecule has 0 spiro atoms. The summed E-state index contributed by atoms with van der Waals surface area (Å²) in [6.07, 6.45) is 0. The predicted molar refractivity (Wildman–Crippen MR) is 38.9 cm³/mol. The molecule has 0 atom stereocenters. The fourth-order valence-corrected chi connectivity index (χ4v) is 1.34. The van der Waals surface area contributed by atoms with Gasteiger partial charge in [0.15, 0.2) is 0 Å². The van der Waals surface area contributed by atoms with E-state index in [4.69, 9.17) is 10.0 Å². The van der Waals surface area contributed by atoms with E-state index >= 15 is 0 Å². The predicted octanol–water partition coefficient (Wildman–Crippen LogP) is -0.264. The van der Waals surface area contributed by atoms with Crippen LogP contribution in [0.25, 0.3) is 0 Å². The third-order valence-corrected chi connectivity index (χ3v) is 2.06. The second kappa shape index (κ2) is 2.52. The SMILES string of the molecule is [13CH3]c1ccc(B(O)O)s1. The normalized spacial score (nSPS) is 9.67. The van der Waals surface area contributed by atoms with Gasteiger partial charge in [-0.05, 0) is 13.0 Å². The van der Waals surface area contributed by atoms with E-state index in [-0.39, 0.29) is 0 Å². The summed E-state index contributed by atoms with van der Waals surface area (Å²) in [7, 11) is -1.30. The highest BCUT2D eigenvalue weighted by atomic mass is 32.1. The summed E-state index contributed by atoms with van der Waals surface area (Å²) >= 11 is 1.40. The van der Waals surface area contributed by atoms with Gasteiger partial charge in [0.1, 0.15) is 0 Å². The maximum Gasteiger partial charge on any atom is 0.499 e. The van der Waals surface area contributed by atoms with Crippen molar-refractivity contribution >= 4 is 23.2 Å². The molecule has 0 bridgehead atoms. The fourth-order valence-electron chi connectivity index (χ4n) is 0.592. The molecule has 9 heavy (non-hydrogen) atoms. The molecular formula is C5H7BO2S. The van der Waals surface area contributed by atoms with E-state index in [1.54, 1.807) is 6.07 Å². The number of rotatable bonds is 1. The zero-order valence-corrected chi connectivity index (χ0v) is 5.85. The summed E-state index contributed by atoms with van der Waals surface area (Å²) in [6, 6.07) is 3.57. The lowest BCUT2D eigenvalue weighted by Crippen LogP contribution is -2.26. The molecule has 1 aromatic rings. The topological polar surface area (TPSA) is 40.5 Å². The van der Waals surface area contributed by atoms with Crippen molar-refractivity contribution in [3.05, 3.63) is 17.0 Å². The summed E-state index contributed by atoms with van der Waals surface area (Å²) < 4.78 is 0.604. The molecule has 0 radical (unpaired) electrons. The van der Waals surface area contributed by atoms with Gasteiger partial charge in [-0.15, -0.1) is 11.3 Å². The highest BCUT2D eigenvalue weighted by Crippen LogP contribution is 2.03. The largest absolute Gasteiger partial charge is 0.499 e. The molecule has 48 valence electrons. The molecule has 1 heterocycles. The van der Waals surface area contributed by atoms with Crippen molar-refractivity contribution in [1.82, 2.24) is 0 Å². The Kier molecular flexibility index (Phi) is 1.90. The Morgan fingerprint density at radius 1 is 1.44 bits per heavy atom. The van der Waals surface area contributed by atoms with E-state index in [9.17, 15) is 0 Å². The van der Waals surface area contributed by atoms with Crippen molar-refractivity contribution in [2.75, 3.05) is 0 Å². The van der Waals surface area contributed by atoms with Gasteiger partial charge in [-0.1, -0.05) is 6.07 Å². The fraction of sp³-hybridized carbons (Fsp3) is 0.200. The first-order chi connectivity index (χ1) is 4.20. The second-order valence-corrected chi connectivity index (χ2v) is 3.14. The van der Waals surface area contributed by atoms with Crippen LogP contribution in [0.2, 0.25) is 0 Å². The summed E-state index contributed by atoms with van der Waals surface area (Å²) in [6.45, 7) is 1.93. The maximum atomic E-state index is 8.60. The molecule has 2 N–H and O–H groups in total. The molecule has 0 amide bonds. The molecule has 1 aromatic heterocycles. The Morgan fingerprint density at radius 2 is 2.11 bits per heavy atom. The van der Waals surface area contributed by atoms with Gasteiger partial charge in [0.05, 0.1) is 0 Å². The van der Waals surface area contributed by atoms with Crippen LogP contribution in [0, 0.1) is 6.92 Å². The van der Waals surface area contributed by atoms with Gasteiger partial charge in [-0.3, -0.25) is 0 Å². The Morgan fingerprint density at radius 3 is 2.33 bits per heavy atom. The Bertz CT molecular complexity index is 197. The summed E-state index contributed by atoms with van der Waals surface area (Å²) in [4.78, 5) is 1.10. The Labute approximate surface area is 57.9 Å². The quantitative estimate of drug-likeness (QED) is 0.419. The summed E-state index contributed by atoms with van der Waals surface area (Å²) in [5.41, 5.74) is 0. The van der Waals surface area contributed by atoms with Crippen molar-refractivity contribution in [1.29, 1.82) is 0 Å². The number of hydrogen-bond donors (Lipinski definition) is 2. The minimum absolute atomic E-state index is 0.604. The van der Waals surface area contributed by atoms with Gasteiger partial charge >= 0.3 is 7.12 Å². The lowest BCUT2D eigenvalue weighted by atomic mass is 9.90. The maximum absolute atomic E-state index is 8.60. The van der Waals surface area contributed by atoms with E-state index in [1.807, 2.05) is 13.0 Å². The average Bonchev–Trinajstić information content (AvgIpc) is 2.14. The molecule has 0 aliphatic heterocycles. The third kappa shape index (κ3) is 1.54. The number of aryl methyl sites for hydroxylation is 1. The number of thiophene rings is 1. The van der Waals surface area contributed by atoms with Crippen LogP contribution >= 0.6 is 11.3 Å². The van der Waals surface area contributed by atoms with E-state index in [1.165, 1.54) is 11.3 Å². The van der Waals surface area contributed by atoms with Crippen molar-refractivity contribution in [3.8, 4) is 0 Å². The summed E-state index contributed by atoms with van der Waals surface area (Å²) in [5, 5.41) is 17.2. The molecular weight excluding hydrogens is 136 g/mol. The Balaban J connectivity index is 2.85. The number of hydrogen-bond acceptors (Lipinski definition) is 3. The van der Waals surface area contributed by atoms with Crippen molar-refractivity contribution in [2.24, 2.45) is 0 Å². The first kappa shape index (κ1) is 6.80. The van der Waals surface area contributed by atoms with Crippen LogP contribution in [0.15, 0.2) is 12.1 Å². The minimum Gasteiger partial charge on any atom is -0.423 e. The van der Waals surface area contributed by atoms with Gasteiger partial charge in [0, 0.05) is 9.65 Å². The lowest BCUT2D eigenvalue weighted by molar-refractivity contribution is 0.427. The van der Waals surface area contributed by atoms with Crippen molar-refractivity contribution < 1.29 is 10.0 Å². The lowest BCUT2D eigenvalue weighted by Gasteiger charge is -1.88. The molecule has 0 unspecified atom stereocenters. The Hall–Kier alpha value is -0.315. The second-order valence-electron chi connectivity index (χ2n) is 1.82. The highest BCUT2D eigenvalue weighted by molar-refractivity contribution is 7.22. The first-order valence-electron chi connectivity index (χ1n) is 2.62. The van der Waals surface area contributed by atoms with E-state index in [2.05, 4.69) is 0 Å². The zero-order chi connectivity index (χ0) is 6.85. The van der Waals surface area contributed by atoms with Crippen molar-refractivity contribution in [3.63, 3.8) is 0 Å². The minimum atomic E-state index is -1.30. The molecule has 0 aliphatic rings. The van der Waals surface area contributed by atoms with E-state index in [0.29, 0.717) is 4.78 Å². The third-order valence-electron chi connectivity index (χ3n) is 1.02. The molecule has 0 saturated carbocycles. The molecule has 0 aliphatic carbocycles. The van der Waals surface area contributed by atoms with Crippen LogP contribution in [0.4, 0.5) is 0 Å². The molecule has 2 nitrogen and oxygen atoms in total. The van der Waals surface area contributed by atoms with Gasteiger partial charge < -0.3 is 10.0 Å². The molecule has 1 rings (SSSR count). The van der Waals surface area contributed by atoms with Gasteiger partial charge in [0.2, 0.25) is 0 Å². The first-order valence-corrected chi connectivity index (χ1v) is 3.44. The van der Waals surface area contributed by atoms with Gasteiger partial charge in [-0.25, -0.2) is 0 Å². The van der Waals surface area contributed by atoms with Crippen LogP contribution in [0.5, 0.6) is 0 Å². The van der Waals surface area contributed by atoms with Crippen LogP contribution < -0.4 is 4.78 Å². The van der Waals surface area contributed by atoms with Crippen LogP contribution in [-0.4, -0.2) is 17.2 Å². The van der Waals surface area contributed by atoms with E-state index in [0.717, 1.165) is 4.88 Å². The standard InChI is InChI=1S/C5H7BO2S/c1-4-2-3-5(9-4)6(7)8/h2-3,7-8H,1H3/i1+1. The molecule has 4 heteroatoms. The van der Waals surface area contributed by atoms with E-state index < -0.39 is 7.12 Å². The van der Waals surface area contributed by atoms with Crippen molar-refractivity contribution in [2.45, 2.75) is 6.92 Å². The zero-order valence-electron chi connectivity index (χ0n) is 5.03. The molecule has 0 fully saturated rings.